The maximum atomic E-state index is 12.2. The van der Waals surface area contributed by atoms with E-state index in [1.807, 2.05) is 45.0 Å². The van der Waals surface area contributed by atoms with Crippen LogP contribution in [0.25, 0.3) is 0 Å². The summed E-state index contributed by atoms with van der Waals surface area (Å²) in [6.45, 7) is 7.72. The number of nitrogens with one attached hydrogen (secondary N) is 1. The second-order valence-corrected chi connectivity index (χ2v) is 4.92. The summed E-state index contributed by atoms with van der Waals surface area (Å²) in [6.07, 6.45) is 0. The summed E-state index contributed by atoms with van der Waals surface area (Å²) in [6, 6.07) is 7.63. The van der Waals surface area contributed by atoms with Crippen molar-refractivity contribution in [3.63, 3.8) is 0 Å². The molecule has 0 aliphatic heterocycles. The molecule has 4 heteroatoms. The molecule has 0 bridgehead atoms. The van der Waals surface area contributed by atoms with Crippen LogP contribution in [-0.2, 0) is 0 Å². The highest BCUT2D eigenvalue weighted by Gasteiger charge is 2.21. The lowest BCUT2D eigenvalue weighted by Crippen LogP contribution is -2.13. The number of anilines is 1. The predicted molar refractivity (Wildman–Crippen MR) is 74.5 cm³/mol. The van der Waals surface area contributed by atoms with Crippen LogP contribution in [0.2, 0.25) is 0 Å². The van der Waals surface area contributed by atoms with Crippen LogP contribution in [0.3, 0.4) is 0 Å². The maximum Gasteiger partial charge on any atom is 0.293 e. The van der Waals surface area contributed by atoms with Gasteiger partial charge in [-0.15, -0.1) is 0 Å². The van der Waals surface area contributed by atoms with Gasteiger partial charge in [-0.05, 0) is 25.0 Å². The Kier molecular flexibility index (Phi) is 3.69. The Bertz CT molecular complexity index is 583. The van der Waals surface area contributed by atoms with E-state index >= 15 is 0 Å². The summed E-state index contributed by atoms with van der Waals surface area (Å²) in [5.41, 5.74) is 2.60. The van der Waals surface area contributed by atoms with Gasteiger partial charge in [0.15, 0.2) is 5.89 Å². The van der Waals surface area contributed by atoms with Gasteiger partial charge in [0.25, 0.3) is 5.91 Å². The third kappa shape index (κ3) is 3.02. The van der Waals surface area contributed by atoms with E-state index in [1.165, 1.54) is 0 Å². The van der Waals surface area contributed by atoms with Crippen LogP contribution in [0.15, 0.2) is 28.7 Å². The van der Waals surface area contributed by atoms with Crippen molar-refractivity contribution in [2.75, 3.05) is 5.32 Å². The summed E-state index contributed by atoms with van der Waals surface area (Å²) in [4.78, 5) is 16.5. The third-order valence-electron chi connectivity index (χ3n) is 2.82. The number of hydrogen-bond donors (Lipinski definition) is 1. The smallest absolute Gasteiger partial charge is 0.293 e. The van der Waals surface area contributed by atoms with E-state index < -0.39 is 0 Å². The Morgan fingerprint density at radius 1 is 1.21 bits per heavy atom. The zero-order chi connectivity index (χ0) is 14.0. The van der Waals surface area contributed by atoms with Crippen molar-refractivity contribution >= 4 is 11.6 Å². The van der Waals surface area contributed by atoms with E-state index in [2.05, 4.69) is 10.3 Å². The van der Waals surface area contributed by atoms with Gasteiger partial charge in [-0.25, -0.2) is 4.98 Å². The molecule has 2 rings (SSSR count). The van der Waals surface area contributed by atoms with Gasteiger partial charge in [-0.3, -0.25) is 4.79 Å². The number of nitrogens with zero attached hydrogens (tertiary/aromatic N) is 1. The molecule has 0 aliphatic carbocycles. The number of hydrogen-bond acceptors (Lipinski definition) is 3. The van der Waals surface area contributed by atoms with Crippen LogP contribution in [0.1, 0.15) is 47.5 Å². The number of carbonyl (C=O) groups is 1. The first kappa shape index (κ1) is 13.3. The van der Waals surface area contributed by atoms with Gasteiger partial charge in [0.05, 0.1) is 5.69 Å². The number of carbonyl (C=O) groups excluding carboxylic acids is 1. The number of oxazole rings is 1. The molecule has 0 radical (unpaired) electrons. The third-order valence-corrected chi connectivity index (χ3v) is 2.82. The summed E-state index contributed by atoms with van der Waals surface area (Å²) in [5.74, 6) is 0.704. The monoisotopic (exact) mass is 258 g/mol. The summed E-state index contributed by atoms with van der Waals surface area (Å²) < 4.78 is 5.41. The standard InChI is InChI=1S/C15H18N2O2/c1-9(2)13-14(19-11(4)16-13)15(18)17-12-7-5-10(3)6-8-12/h5-9H,1-4H3,(H,17,18). The molecule has 1 aromatic heterocycles. The molecule has 1 aromatic carbocycles. The van der Waals surface area contributed by atoms with E-state index in [1.54, 1.807) is 6.92 Å². The lowest BCUT2D eigenvalue weighted by atomic mass is 10.1. The Labute approximate surface area is 112 Å². The summed E-state index contributed by atoms with van der Waals surface area (Å²) in [5, 5.41) is 2.82. The molecule has 1 N–H and O–H groups in total. The first-order chi connectivity index (χ1) is 8.97. The average molecular weight is 258 g/mol. The number of aromatic nitrogens is 1. The Morgan fingerprint density at radius 2 is 1.84 bits per heavy atom. The van der Waals surface area contributed by atoms with Gasteiger partial charge in [-0.2, -0.15) is 0 Å². The predicted octanol–water partition coefficient (Wildman–Crippen LogP) is 3.67. The molecule has 0 saturated heterocycles. The maximum absolute atomic E-state index is 12.2. The van der Waals surface area contributed by atoms with E-state index in [9.17, 15) is 4.79 Å². The van der Waals surface area contributed by atoms with E-state index in [4.69, 9.17) is 4.42 Å². The number of amides is 1. The molecule has 0 saturated carbocycles. The minimum Gasteiger partial charge on any atom is -0.436 e. The van der Waals surface area contributed by atoms with Gasteiger partial charge in [0, 0.05) is 12.6 Å². The lowest BCUT2D eigenvalue weighted by Gasteiger charge is -2.06. The highest BCUT2D eigenvalue weighted by molar-refractivity contribution is 6.03. The van der Waals surface area contributed by atoms with Gasteiger partial charge < -0.3 is 9.73 Å². The van der Waals surface area contributed by atoms with Crippen LogP contribution in [-0.4, -0.2) is 10.9 Å². The second kappa shape index (κ2) is 5.26. The minimum absolute atomic E-state index is 0.149. The van der Waals surface area contributed by atoms with Crippen molar-refractivity contribution in [2.24, 2.45) is 0 Å². The van der Waals surface area contributed by atoms with Crippen LogP contribution < -0.4 is 5.32 Å². The molecule has 0 spiro atoms. The van der Waals surface area contributed by atoms with E-state index in [0.29, 0.717) is 17.3 Å². The van der Waals surface area contributed by atoms with E-state index in [-0.39, 0.29) is 11.8 Å². The molecule has 4 nitrogen and oxygen atoms in total. The zero-order valence-electron chi connectivity index (χ0n) is 11.7. The fourth-order valence-corrected chi connectivity index (χ4v) is 1.82. The average Bonchev–Trinajstić information content (AvgIpc) is 2.74. The quantitative estimate of drug-likeness (QED) is 0.913. The largest absolute Gasteiger partial charge is 0.436 e. The molecule has 1 amide bonds. The zero-order valence-corrected chi connectivity index (χ0v) is 11.7. The van der Waals surface area contributed by atoms with Crippen LogP contribution in [0, 0.1) is 13.8 Å². The van der Waals surface area contributed by atoms with Gasteiger partial charge in [0.2, 0.25) is 5.76 Å². The molecule has 0 aliphatic rings. The van der Waals surface area contributed by atoms with Crippen molar-refractivity contribution in [1.82, 2.24) is 4.98 Å². The Balaban J connectivity index is 2.22. The molecule has 100 valence electrons. The summed E-state index contributed by atoms with van der Waals surface area (Å²) in [7, 11) is 0. The van der Waals surface area contributed by atoms with E-state index in [0.717, 1.165) is 11.3 Å². The van der Waals surface area contributed by atoms with Crippen LogP contribution in [0.4, 0.5) is 5.69 Å². The highest BCUT2D eigenvalue weighted by atomic mass is 16.4. The molecule has 0 atom stereocenters. The van der Waals surface area contributed by atoms with Crippen LogP contribution >= 0.6 is 0 Å². The molecule has 2 aromatic rings. The van der Waals surface area contributed by atoms with Crippen molar-refractivity contribution in [3.05, 3.63) is 47.2 Å². The first-order valence-electron chi connectivity index (χ1n) is 6.32. The fraction of sp³-hybridized carbons (Fsp3) is 0.333. The van der Waals surface area contributed by atoms with Gasteiger partial charge in [0.1, 0.15) is 0 Å². The number of aryl methyl sites for hydroxylation is 2. The van der Waals surface area contributed by atoms with Crippen molar-refractivity contribution in [2.45, 2.75) is 33.6 Å². The molecule has 0 fully saturated rings. The highest BCUT2D eigenvalue weighted by Crippen LogP contribution is 2.21. The van der Waals surface area contributed by atoms with Crippen molar-refractivity contribution in [1.29, 1.82) is 0 Å². The van der Waals surface area contributed by atoms with Gasteiger partial charge >= 0.3 is 0 Å². The Hall–Kier alpha value is -2.10. The summed E-state index contributed by atoms with van der Waals surface area (Å²) >= 11 is 0. The molecular formula is C15H18N2O2. The molecule has 0 unspecified atom stereocenters. The normalized spacial score (nSPS) is 10.8. The molecule has 1 heterocycles. The minimum atomic E-state index is -0.256. The van der Waals surface area contributed by atoms with Crippen LogP contribution in [0.5, 0.6) is 0 Å². The molecular weight excluding hydrogens is 240 g/mol. The van der Waals surface area contributed by atoms with Crippen molar-refractivity contribution < 1.29 is 9.21 Å². The molecule has 19 heavy (non-hydrogen) atoms. The second-order valence-electron chi connectivity index (χ2n) is 4.92. The number of benzene rings is 1. The first-order valence-corrected chi connectivity index (χ1v) is 6.32. The van der Waals surface area contributed by atoms with Gasteiger partial charge in [-0.1, -0.05) is 31.5 Å². The SMILES string of the molecule is Cc1ccc(NC(=O)c2oc(C)nc2C(C)C)cc1. The number of rotatable bonds is 3. The topological polar surface area (TPSA) is 55.1 Å². The fourth-order valence-electron chi connectivity index (χ4n) is 1.82. The lowest BCUT2D eigenvalue weighted by molar-refractivity contribution is 0.0993. The van der Waals surface area contributed by atoms with Crippen molar-refractivity contribution in [3.8, 4) is 0 Å². The Morgan fingerprint density at radius 3 is 2.42 bits per heavy atom.